The largest absolute Gasteiger partial charge is 0.505 e. The molecule has 1 amide bonds. The van der Waals surface area contributed by atoms with Crippen LogP contribution < -0.4 is 10.9 Å². The molecule has 0 aliphatic heterocycles. The number of aromatic nitrogens is 1. The molecule has 0 atom stereocenters. The molecule has 1 aromatic carbocycles. The summed E-state index contributed by atoms with van der Waals surface area (Å²) >= 11 is 0. The number of carbonyl (C=O) groups is 2. The van der Waals surface area contributed by atoms with Crippen LogP contribution in [0, 0.1) is 0 Å². The Kier molecular flexibility index (Phi) is 3.61. The molecule has 0 fully saturated rings. The van der Waals surface area contributed by atoms with Crippen molar-refractivity contribution in [3.05, 3.63) is 51.8 Å². The second-order valence-corrected chi connectivity index (χ2v) is 4.08. The fourth-order valence-electron chi connectivity index (χ4n) is 1.67. The number of rotatable bonds is 3. The zero-order chi connectivity index (χ0) is 15.6. The lowest BCUT2D eigenvalue weighted by Crippen LogP contribution is -2.16. The van der Waals surface area contributed by atoms with Crippen molar-refractivity contribution in [2.45, 2.75) is 0 Å². The predicted octanol–water partition coefficient (Wildman–Crippen LogP) is 0.737. The number of pyridine rings is 1. The second-order valence-electron chi connectivity index (χ2n) is 4.08. The molecule has 108 valence electrons. The normalized spacial score (nSPS) is 10.1. The van der Waals surface area contributed by atoms with Crippen LogP contribution in [0.5, 0.6) is 11.6 Å². The molecule has 0 radical (unpaired) electrons. The summed E-state index contributed by atoms with van der Waals surface area (Å²) in [6, 6.07) is 5.79. The highest BCUT2D eigenvalue weighted by molar-refractivity contribution is 6.06. The third-order valence-corrected chi connectivity index (χ3v) is 2.61. The Hall–Kier alpha value is -3.29. The minimum Gasteiger partial charge on any atom is -0.505 e. The monoisotopic (exact) mass is 290 g/mol. The molecule has 2 rings (SSSR count). The number of aromatic carboxylic acids is 1. The van der Waals surface area contributed by atoms with E-state index in [1.165, 1.54) is 18.2 Å². The number of hydrogen-bond donors (Lipinski definition) is 5. The van der Waals surface area contributed by atoms with Crippen LogP contribution in [-0.2, 0) is 0 Å². The SMILES string of the molecule is O=C(Nc1cccc(C(=O)O)c1O)c1cc(O)[nH]c(=O)c1. The number of para-hydroxylation sites is 1. The maximum Gasteiger partial charge on any atom is 0.339 e. The van der Waals surface area contributed by atoms with Gasteiger partial charge in [-0.2, -0.15) is 0 Å². The molecule has 0 aliphatic rings. The Morgan fingerprint density at radius 2 is 1.86 bits per heavy atom. The summed E-state index contributed by atoms with van der Waals surface area (Å²) in [7, 11) is 0. The van der Waals surface area contributed by atoms with Crippen LogP contribution in [0.2, 0.25) is 0 Å². The third-order valence-electron chi connectivity index (χ3n) is 2.61. The summed E-state index contributed by atoms with van der Waals surface area (Å²) in [5, 5.41) is 30.1. The number of hydrogen-bond acceptors (Lipinski definition) is 5. The van der Waals surface area contributed by atoms with Gasteiger partial charge in [-0.3, -0.25) is 14.6 Å². The molecule has 0 saturated carbocycles. The molecule has 1 aromatic heterocycles. The van der Waals surface area contributed by atoms with E-state index in [1.807, 2.05) is 0 Å². The maximum atomic E-state index is 11.9. The first-order valence-corrected chi connectivity index (χ1v) is 5.68. The van der Waals surface area contributed by atoms with Crippen LogP contribution in [-0.4, -0.2) is 32.2 Å². The summed E-state index contributed by atoms with van der Waals surface area (Å²) in [4.78, 5) is 36.0. The quantitative estimate of drug-likeness (QED) is 0.528. The smallest absolute Gasteiger partial charge is 0.339 e. The van der Waals surface area contributed by atoms with E-state index in [0.717, 1.165) is 12.1 Å². The van der Waals surface area contributed by atoms with Gasteiger partial charge in [-0.15, -0.1) is 0 Å². The van der Waals surface area contributed by atoms with E-state index in [9.17, 15) is 24.6 Å². The molecular weight excluding hydrogens is 280 g/mol. The van der Waals surface area contributed by atoms with Crippen LogP contribution in [0.4, 0.5) is 5.69 Å². The lowest BCUT2D eigenvalue weighted by molar-refractivity contribution is 0.0693. The van der Waals surface area contributed by atoms with Gasteiger partial charge in [-0.1, -0.05) is 6.07 Å². The molecule has 0 aliphatic carbocycles. The molecule has 0 spiro atoms. The van der Waals surface area contributed by atoms with E-state index in [1.54, 1.807) is 0 Å². The molecule has 21 heavy (non-hydrogen) atoms. The van der Waals surface area contributed by atoms with E-state index in [0.29, 0.717) is 0 Å². The number of phenols is 1. The fourth-order valence-corrected chi connectivity index (χ4v) is 1.67. The number of H-pyrrole nitrogens is 1. The predicted molar refractivity (Wildman–Crippen MR) is 71.7 cm³/mol. The van der Waals surface area contributed by atoms with E-state index in [-0.39, 0.29) is 16.8 Å². The molecule has 8 nitrogen and oxygen atoms in total. The van der Waals surface area contributed by atoms with Crippen molar-refractivity contribution in [3.63, 3.8) is 0 Å². The van der Waals surface area contributed by atoms with Crippen molar-refractivity contribution in [2.75, 3.05) is 5.32 Å². The highest BCUT2D eigenvalue weighted by Crippen LogP contribution is 2.27. The first kappa shape index (κ1) is 14.1. The highest BCUT2D eigenvalue weighted by atomic mass is 16.4. The Labute approximate surface area is 117 Å². The maximum absolute atomic E-state index is 11.9. The summed E-state index contributed by atoms with van der Waals surface area (Å²) in [6.07, 6.45) is 0. The average molecular weight is 290 g/mol. The number of amides is 1. The molecule has 0 bridgehead atoms. The lowest BCUT2D eigenvalue weighted by atomic mass is 10.1. The number of aromatic hydroxyl groups is 2. The number of carboxylic acids is 1. The van der Waals surface area contributed by atoms with Gasteiger partial charge < -0.3 is 20.6 Å². The summed E-state index contributed by atoms with van der Waals surface area (Å²) in [5.74, 6) is -3.23. The van der Waals surface area contributed by atoms with Crippen LogP contribution in [0.3, 0.4) is 0 Å². The Balaban J connectivity index is 2.34. The average Bonchev–Trinajstić information content (AvgIpc) is 2.39. The van der Waals surface area contributed by atoms with Crippen LogP contribution in [0.25, 0.3) is 0 Å². The van der Waals surface area contributed by atoms with Gasteiger partial charge in [0.2, 0.25) is 0 Å². The number of benzene rings is 1. The Morgan fingerprint density at radius 3 is 2.48 bits per heavy atom. The summed E-state index contributed by atoms with van der Waals surface area (Å²) < 4.78 is 0. The standard InChI is InChI=1S/C13H10N2O6/c16-9-4-6(5-10(17)15-9)12(19)14-8-3-1-2-7(11(8)18)13(20)21/h1-5,18H,(H,14,19)(H,20,21)(H2,15,16,17). The van der Waals surface area contributed by atoms with E-state index < -0.39 is 29.1 Å². The number of nitrogens with one attached hydrogen (secondary N) is 2. The van der Waals surface area contributed by atoms with Gasteiger partial charge >= 0.3 is 5.97 Å². The van der Waals surface area contributed by atoms with Crippen molar-refractivity contribution in [1.29, 1.82) is 0 Å². The minimum atomic E-state index is -1.35. The molecular formula is C13H10N2O6. The highest BCUT2D eigenvalue weighted by Gasteiger charge is 2.16. The zero-order valence-electron chi connectivity index (χ0n) is 10.5. The Bertz CT molecular complexity index is 780. The molecule has 1 heterocycles. The molecule has 0 saturated heterocycles. The first-order valence-electron chi connectivity index (χ1n) is 5.68. The van der Waals surface area contributed by atoms with Gasteiger partial charge in [0.15, 0.2) is 11.6 Å². The molecule has 8 heteroatoms. The van der Waals surface area contributed by atoms with E-state index in [4.69, 9.17) is 5.11 Å². The minimum absolute atomic E-state index is 0.125. The van der Waals surface area contributed by atoms with Gasteiger partial charge in [0.1, 0.15) is 5.56 Å². The third kappa shape index (κ3) is 3.00. The van der Waals surface area contributed by atoms with E-state index >= 15 is 0 Å². The van der Waals surface area contributed by atoms with Crippen molar-refractivity contribution >= 4 is 17.6 Å². The molecule has 2 aromatic rings. The number of carboxylic acid groups (broad SMARTS) is 1. The molecule has 5 N–H and O–H groups in total. The van der Waals surface area contributed by atoms with Gasteiger partial charge in [0, 0.05) is 12.1 Å². The summed E-state index contributed by atoms with van der Waals surface area (Å²) in [5.41, 5.74) is -1.32. The van der Waals surface area contributed by atoms with Crippen molar-refractivity contribution < 1.29 is 24.9 Å². The van der Waals surface area contributed by atoms with Crippen molar-refractivity contribution in [1.82, 2.24) is 4.98 Å². The van der Waals surface area contributed by atoms with Gasteiger partial charge in [0.05, 0.1) is 11.3 Å². The first-order chi connectivity index (χ1) is 9.88. The van der Waals surface area contributed by atoms with E-state index in [2.05, 4.69) is 10.3 Å². The zero-order valence-corrected chi connectivity index (χ0v) is 10.5. The van der Waals surface area contributed by atoms with Gasteiger partial charge in [0.25, 0.3) is 11.5 Å². The van der Waals surface area contributed by atoms with Gasteiger partial charge in [-0.25, -0.2) is 4.79 Å². The topological polar surface area (TPSA) is 140 Å². The number of anilines is 1. The second kappa shape index (κ2) is 5.37. The number of aromatic amines is 1. The van der Waals surface area contributed by atoms with Crippen LogP contribution in [0.1, 0.15) is 20.7 Å². The number of carbonyl (C=O) groups excluding carboxylic acids is 1. The lowest BCUT2D eigenvalue weighted by Gasteiger charge is -2.09. The Morgan fingerprint density at radius 1 is 1.14 bits per heavy atom. The van der Waals surface area contributed by atoms with Crippen LogP contribution in [0.15, 0.2) is 35.1 Å². The molecule has 0 unspecified atom stereocenters. The van der Waals surface area contributed by atoms with Crippen LogP contribution >= 0.6 is 0 Å². The summed E-state index contributed by atoms with van der Waals surface area (Å²) in [6.45, 7) is 0. The van der Waals surface area contributed by atoms with Gasteiger partial charge in [-0.05, 0) is 12.1 Å². The van der Waals surface area contributed by atoms with Crippen molar-refractivity contribution in [2.24, 2.45) is 0 Å². The van der Waals surface area contributed by atoms with Crippen molar-refractivity contribution in [3.8, 4) is 11.6 Å². The fraction of sp³-hybridized carbons (Fsp3) is 0.